The van der Waals surface area contributed by atoms with Gasteiger partial charge < -0.3 is 0 Å². The van der Waals surface area contributed by atoms with Gasteiger partial charge in [0.1, 0.15) is 0 Å². The Morgan fingerprint density at radius 2 is 2.44 bits per heavy atom. The Morgan fingerprint density at radius 3 is 3.00 bits per heavy atom. The molecule has 9 heavy (non-hydrogen) atoms. The van der Waals surface area contributed by atoms with Crippen molar-refractivity contribution in [2.24, 2.45) is 5.92 Å². The Morgan fingerprint density at radius 1 is 1.67 bits per heavy atom. The molecule has 0 aromatic rings. The summed E-state index contributed by atoms with van der Waals surface area (Å²) in [7, 11) is 0. The standard InChI is InChI=1S/C7H13IN/c1-2-9-7-3-5(7)6-4-8-6/h5-7,9H,2-4H2,1H3/q-1. The monoisotopic (exact) mass is 238 g/mol. The second-order valence-electron chi connectivity index (χ2n) is 2.89. The van der Waals surface area contributed by atoms with Gasteiger partial charge in [0.15, 0.2) is 0 Å². The summed E-state index contributed by atoms with van der Waals surface area (Å²) in [4.78, 5) is 0. The van der Waals surface area contributed by atoms with Gasteiger partial charge >= 0.3 is 66.7 Å². The van der Waals surface area contributed by atoms with Crippen molar-refractivity contribution in [1.82, 2.24) is 5.32 Å². The van der Waals surface area contributed by atoms with Crippen molar-refractivity contribution in [2.45, 2.75) is 23.3 Å². The first kappa shape index (κ1) is 6.40. The predicted molar refractivity (Wildman–Crippen MR) is 34.2 cm³/mol. The predicted octanol–water partition coefficient (Wildman–Crippen LogP) is -2.54. The van der Waals surface area contributed by atoms with E-state index in [0.717, 1.165) is 33.2 Å². The quantitative estimate of drug-likeness (QED) is 0.422. The van der Waals surface area contributed by atoms with Crippen molar-refractivity contribution >= 4 is 0 Å². The number of rotatable bonds is 3. The van der Waals surface area contributed by atoms with Crippen LogP contribution in [0.4, 0.5) is 0 Å². The van der Waals surface area contributed by atoms with Crippen molar-refractivity contribution in [2.75, 3.05) is 11.0 Å². The molecule has 3 atom stereocenters. The Bertz CT molecular complexity index is 111. The molecular formula is C7H13IN-. The van der Waals surface area contributed by atoms with Crippen LogP contribution >= 0.6 is 0 Å². The number of hydrogen-bond donors (Lipinski definition) is 1. The Kier molecular flexibility index (Phi) is 1.69. The first-order valence-electron chi connectivity index (χ1n) is 3.73. The van der Waals surface area contributed by atoms with Crippen LogP contribution in [0, 0.1) is 5.92 Å². The van der Waals surface area contributed by atoms with Gasteiger partial charge in [-0.3, -0.25) is 0 Å². The molecule has 1 aliphatic carbocycles. The molecule has 0 radical (unpaired) electrons. The molecule has 2 heteroatoms. The summed E-state index contributed by atoms with van der Waals surface area (Å²) in [6.07, 6.45) is 1.50. The van der Waals surface area contributed by atoms with Crippen LogP contribution in [0.25, 0.3) is 0 Å². The molecule has 2 fully saturated rings. The van der Waals surface area contributed by atoms with E-state index in [9.17, 15) is 0 Å². The molecule has 0 aromatic heterocycles. The minimum atomic E-state index is 0.718. The van der Waals surface area contributed by atoms with Gasteiger partial charge in [-0.05, 0) is 0 Å². The van der Waals surface area contributed by atoms with E-state index >= 15 is 0 Å². The molecule has 1 aliphatic heterocycles. The van der Waals surface area contributed by atoms with Gasteiger partial charge in [0.05, 0.1) is 0 Å². The van der Waals surface area contributed by atoms with Crippen LogP contribution in [0.5, 0.6) is 0 Å². The molecule has 1 N–H and O–H groups in total. The van der Waals surface area contributed by atoms with Crippen LogP contribution in [0.15, 0.2) is 0 Å². The van der Waals surface area contributed by atoms with E-state index in [2.05, 4.69) is 12.2 Å². The summed E-state index contributed by atoms with van der Waals surface area (Å²) < 4.78 is 2.87. The Labute approximate surface area is 66.9 Å². The normalized spacial score (nSPS) is 47.9. The zero-order valence-corrected chi connectivity index (χ0v) is 7.89. The van der Waals surface area contributed by atoms with E-state index < -0.39 is 0 Å². The van der Waals surface area contributed by atoms with E-state index in [-0.39, 0.29) is 0 Å². The topological polar surface area (TPSA) is 12.0 Å². The molecule has 1 saturated carbocycles. The van der Waals surface area contributed by atoms with Crippen molar-refractivity contribution < 1.29 is 21.2 Å². The average molecular weight is 238 g/mol. The van der Waals surface area contributed by atoms with Crippen LogP contribution in [0.1, 0.15) is 13.3 Å². The SMILES string of the molecule is CCNC1CC1C1C[I-]1. The maximum atomic E-state index is 3.51. The van der Waals surface area contributed by atoms with E-state index in [4.69, 9.17) is 0 Å². The molecule has 1 nitrogen and oxygen atoms in total. The van der Waals surface area contributed by atoms with Crippen molar-refractivity contribution in [1.29, 1.82) is 0 Å². The van der Waals surface area contributed by atoms with Crippen molar-refractivity contribution in [3.8, 4) is 0 Å². The van der Waals surface area contributed by atoms with Crippen LogP contribution in [0.2, 0.25) is 0 Å². The summed E-state index contributed by atoms with van der Waals surface area (Å²) in [5.74, 6) is 1.14. The van der Waals surface area contributed by atoms with Gasteiger partial charge in [0.25, 0.3) is 0 Å². The molecule has 54 valence electrons. The van der Waals surface area contributed by atoms with Gasteiger partial charge in [-0.2, -0.15) is 0 Å². The number of halogens is 1. The fraction of sp³-hybridized carbons (Fsp3) is 1.00. The van der Waals surface area contributed by atoms with Crippen LogP contribution < -0.4 is 26.5 Å². The van der Waals surface area contributed by atoms with Gasteiger partial charge in [-0.1, -0.05) is 0 Å². The Hall–Kier alpha value is 0.690. The van der Waals surface area contributed by atoms with Crippen LogP contribution in [-0.4, -0.2) is 20.9 Å². The third-order valence-corrected chi connectivity index (χ3v) is 4.92. The molecule has 1 heterocycles. The summed E-state index contributed by atoms with van der Waals surface area (Å²) in [5, 5.41) is 3.51. The van der Waals surface area contributed by atoms with Gasteiger partial charge in [0, 0.05) is 0 Å². The first-order valence-corrected chi connectivity index (χ1v) is 6.50. The average Bonchev–Trinajstić information content (AvgIpc) is 2.58. The second-order valence-corrected chi connectivity index (χ2v) is 6.25. The molecule has 0 amide bonds. The molecule has 3 unspecified atom stereocenters. The van der Waals surface area contributed by atoms with E-state index in [1.165, 1.54) is 16.9 Å². The summed E-state index contributed by atoms with van der Waals surface area (Å²) in [6, 6.07) is 0.946. The molecule has 0 spiro atoms. The minimum absolute atomic E-state index is 0.718. The summed E-state index contributed by atoms with van der Waals surface area (Å²) >= 11 is 0.718. The maximum absolute atomic E-state index is 3.51. The first-order chi connectivity index (χ1) is 4.42. The zero-order valence-electron chi connectivity index (χ0n) is 5.73. The molecule has 0 bridgehead atoms. The number of alkyl halides is 2. The fourth-order valence-corrected chi connectivity index (χ4v) is 3.79. The van der Waals surface area contributed by atoms with Crippen molar-refractivity contribution in [3.63, 3.8) is 0 Å². The van der Waals surface area contributed by atoms with E-state index in [0.29, 0.717) is 0 Å². The van der Waals surface area contributed by atoms with Gasteiger partial charge in [0.2, 0.25) is 0 Å². The third-order valence-electron chi connectivity index (χ3n) is 2.10. The van der Waals surface area contributed by atoms with E-state index in [1.54, 1.807) is 4.43 Å². The van der Waals surface area contributed by atoms with E-state index in [1.807, 2.05) is 0 Å². The van der Waals surface area contributed by atoms with Crippen molar-refractivity contribution in [3.05, 3.63) is 0 Å². The van der Waals surface area contributed by atoms with Gasteiger partial charge in [-0.15, -0.1) is 0 Å². The van der Waals surface area contributed by atoms with Crippen LogP contribution in [-0.2, 0) is 0 Å². The number of hydrogen-bond acceptors (Lipinski definition) is 1. The molecule has 1 saturated heterocycles. The summed E-state index contributed by atoms with van der Waals surface area (Å²) in [5.41, 5.74) is 0. The Balaban J connectivity index is 1.69. The molecular weight excluding hydrogens is 225 g/mol. The number of nitrogens with one attached hydrogen (secondary N) is 1. The van der Waals surface area contributed by atoms with Crippen LogP contribution in [0.3, 0.4) is 0 Å². The fourth-order valence-electron chi connectivity index (χ4n) is 1.39. The zero-order chi connectivity index (χ0) is 6.27. The third kappa shape index (κ3) is 1.40. The second kappa shape index (κ2) is 2.38. The van der Waals surface area contributed by atoms with Gasteiger partial charge in [-0.25, -0.2) is 0 Å². The molecule has 0 aromatic carbocycles. The summed E-state index contributed by atoms with van der Waals surface area (Å²) in [6.45, 7) is 3.38. The molecule has 2 rings (SSSR count). The molecule has 2 aliphatic rings.